The number of hydrogen-bond acceptors (Lipinski definition) is 4. The smallest absolute Gasteiger partial charge is 0.287 e. The molecule has 0 radical (unpaired) electrons. The number of benzene rings is 1. The van der Waals surface area contributed by atoms with Crippen molar-refractivity contribution in [2.24, 2.45) is 7.05 Å². The van der Waals surface area contributed by atoms with E-state index in [0.29, 0.717) is 11.1 Å². The summed E-state index contributed by atoms with van der Waals surface area (Å²) < 4.78 is 6.95. The van der Waals surface area contributed by atoms with Crippen LogP contribution in [0.15, 0.2) is 59.5 Å². The Morgan fingerprint density at radius 2 is 2.08 bits per heavy atom. The zero-order valence-electron chi connectivity index (χ0n) is 13.6. The zero-order valence-corrected chi connectivity index (χ0v) is 13.6. The number of furan rings is 1. The second kappa shape index (κ2) is 6.33. The maximum absolute atomic E-state index is 12.4. The van der Waals surface area contributed by atoms with Gasteiger partial charge in [0.1, 0.15) is 5.60 Å². The zero-order chi connectivity index (χ0) is 17.2. The molecule has 0 spiro atoms. The van der Waals surface area contributed by atoms with Crippen LogP contribution in [0, 0.1) is 0 Å². The highest BCUT2D eigenvalue weighted by Gasteiger charge is 2.27. The van der Waals surface area contributed by atoms with E-state index in [1.54, 1.807) is 37.1 Å². The van der Waals surface area contributed by atoms with Gasteiger partial charge in [-0.25, -0.2) is 0 Å². The number of nitrogens with one attached hydrogen (secondary N) is 1. The standard InChI is InChI=1S/C18H19N3O3/c1-18(23,14-10-20-21(2)11-14)12-19-17(22)16-15(8-9-24-16)13-6-4-3-5-7-13/h3-11,23H,12H2,1-2H3,(H,19,22). The number of carbonyl (C=O) groups excluding carboxylic acids is 1. The Kier molecular flexibility index (Phi) is 4.22. The van der Waals surface area contributed by atoms with E-state index in [-0.39, 0.29) is 18.2 Å². The Labute approximate surface area is 139 Å². The number of hydrogen-bond donors (Lipinski definition) is 2. The topological polar surface area (TPSA) is 80.3 Å². The SMILES string of the molecule is Cn1cc(C(C)(O)CNC(=O)c2occc2-c2ccccc2)cn1. The Balaban J connectivity index is 1.74. The lowest BCUT2D eigenvalue weighted by Crippen LogP contribution is -2.38. The molecule has 1 amide bonds. The summed E-state index contributed by atoms with van der Waals surface area (Å²) in [7, 11) is 1.77. The van der Waals surface area contributed by atoms with E-state index in [0.717, 1.165) is 5.56 Å². The molecule has 0 saturated carbocycles. The average Bonchev–Trinajstić information content (AvgIpc) is 3.23. The van der Waals surface area contributed by atoms with E-state index < -0.39 is 5.60 Å². The second-order valence-electron chi connectivity index (χ2n) is 5.89. The first kappa shape index (κ1) is 16.0. The molecule has 0 aliphatic carbocycles. The van der Waals surface area contributed by atoms with Gasteiger partial charge in [0.05, 0.1) is 19.0 Å². The molecule has 0 fully saturated rings. The molecule has 3 rings (SSSR count). The van der Waals surface area contributed by atoms with Crippen molar-refractivity contribution < 1.29 is 14.3 Å². The maximum atomic E-state index is 12.4. The third kappa shape index (κ3) is 3.23. The van der Waals surface area contributed by atoms with Crippen molar-refractivity contribution in [1.29, 1.82) is 0 Å². The van der Waals surface area contributed by atoms with Crippen LogP contribution >= 0.6 is 0 Å². The molecule has 2 aromatic heterocycles. The van der Waals surface area contributed by atoms with Crippen LogP contribution < -0.4 is 5.32 Å². The number of rotatable bonds is 5. The predicted molar refractivity (Wildman–Crippen MR) is 89.3 cm³/mol. The molecule has 1 aromatic carbocycles. The Hall–Kier alpha value is -2.86. The fraction of sp³-hybridized carbons (Fsp3) is 0.222. The predicted octanol–water partition coefficient (Wildman–Crippen LogP) is 2.32. The summed E-state index contributed by atoms with van der Waals surface area (Å²) in [6.07, 6.45) is 4.78. The van der Waals surface area contributed by atoms with E-state index in [1.165, 1.54) is 6.26 Å². The van der Waals surface area contributed by atoms with Crippen molar-refractivity contribution in [1.82, 2.24) is 15.1 Å². The summed E-state index contributed by atoms with van der Waals surface area (Å²) in [5, 5.41) is 17.3. The molecule has 0 aliphatic heterocycles. The summed E-state index contributed by atoms with van der Waals surface area (Å²) in [6.45, 7) is 1.68. The summed E-state index contributed by atoms with van der Waals surface area (Å²) in [5.74, 6) is -0.147. The van der Waals surface area contributed by atoms with Crippen LogP contribution in [-0.2, 0) is 12.6 Å². The van der Waals surface area contributed by atoms with E-state index >= 15 is 0 Å². The highest BCUT2D eigenvalue weighted by Crippen LogP contribution is 2.25. The third-order valence-electron chi connectivity index (χ3n) is 3.88. The quantitative estimate of drug-likeness (QED) is 0.754. The van der Waals surface area contributed by atoms with Gasteiger partial charge in [0.15, 0.2) is 5.76 Å². The van der Waals surface area contributed by atoms with Crippen LogP contribution in [0.4, 0.5) is 0 Å². The molecule has 2 N–H and O–H groups in total. The fourth-order valence-corrected chi connectivity index (χ4v) is 2.46. The van der Waals surface area contributed by atoms with Gasteiger partial charge in [-0.2, -0.15) is 5.10 Å². The van der Waals surface area contributed by atoms with Crippen LogP contribution in [0.25, 0.3) is 11.1 Å². The molecule has 0 bridgehead atoms. The summed E-state index contributed by atoms with van der Waals surface area (Å²) in [6, 6.07) is 11.3. The average molecular weight is 325 g/mol. The van der Waals surface area contributed by atoms with Crippen molar-refractivity contribution in [3.63, 3.8) is 0 Å². The lowest BCUT2D eigenvalue weighted by molar-refractivity contribution is 0.0518. The Morgan fingerprint density at radius 3 is 2.75 bits per heavy atom. The van der Waals surface area contributed by atoms with Crippen LogP contribution in [-0.4, -0.2) is 27.3 Å². The monoisotopic (exact) mass is 325 g/mol. The first-order chi connectivity index (χ1) is 11.5. The minimum Gasteiger partial charge on any atom is -0.459 e. The number of aromatic nitrogens is 2. The van der Waals surface area contributed by atoms with E-state index in [1.807, 2.05) is 30.3 Å². The first-order valence-corrected chi connectivity index (χ1v) is 7.60. The molecule has 2 heterocycles. The van der Waals surface area contributed by atoms with Crippen molar-refractivity contribution in [2.45, 2.75) is 12.5 Å². The summed E-state index contributed by atoms with van der Waals surface area (Å²) in [5.41, 5.74) is 1.03. The Bertz CT molecular complexity index is 834. The highest BCUT2D eigenvalue weighted by atomic mass is 16.3. The molecule has 1 unspecified atom stereocenters. The van der Waals surface area contributed by atoms with Gasteiger partial charge in [0, 0.05) is 24.4 Å². The van der Waals surface area contributed by atoms with Gasteiger partial charge in [0.25, 0.3) is 5.91 Å². The molecule has 0 saturated heterocycles. The number of nitrogens with zero attached hydrogens (tertiary/aromatic N) is 2. The maximum Gasteiger partial charge on any atom is 0.287 e. The summed E-state index contributed by atoms with van der Waals surface area (Å²) in [4.78, 5) is 12.4. The van der Waals surface area contributed by atoms with Gasteiger partial charge in [0.2, 0.25) is 0 Å². The minimum atomic E-state index is -1.22. The van der Waals surface area contributed by atoms with Gasteiger partial charge < -0.3 is 14.8 Å². The first-order valence-electron chi connectivity index (χ1n) is 7.60. The van der Waals surface area contributed by atoms with Crippen LogP contribution in [0.3, 0.4) is 0 Å². The van der Waals surface area contributed by atoms with Crippen LogP contribution in [0.5, 0.6) is 0 Å². The van der Waals surface area contributed by atoms with Crippen molar-refractivity contribution in [3.8, 4) is 11.1 Å². The molecular formula is C18H19N3O3. The third-order valence-corrected chi connectivity index (χ3v) is 3.88. The molecular weight excluding hydrogens is 306 g/mol. The highest BCUT2D eigenvalue weighted by molar-refractivity contribution is 5.98. The molecule has 6 heteroatoms. The van der Waals surface area contributed by atoms with Crippen LogP contribution in [0.1, 0.15) is 23.0 Å². The number of carbonyl (C=O) groups is 1. The lowest BCUT2D eigenvalue weighted by Gasteiger charge is -2.22. The van der Waals surface area contributed by atoms with Gasteiger partial charge in [-0.05, 0) is 18.6 Å². The Morgan fingerprint density at radius 1 is 1.33 bits per heavy atom. The molecule has 6 nitrogen and oxygen atoms in total. The molecule has 24 heavy (non-hydrogen) atoms. The van der Waals surface area contributed by atoms with Crippen LogP contribution in [0.2, 0.25) is 0 Å². The van der Waals surface area contributed by atoms with E-state index in [9.17, 15) is 9.90 Å². The van der Waals surface area contributed by atoms with Gasteiger partial charge in [-0.15, -0.1) is 0 Å². The van der Waals surface area contributed by atoms with Gasteiger partial charge in [-0.1, -0.05) is 30.3 Å². The fourth-order valence-electron chi connectivity index (χ4n) is 2.46. The van der Waals surface area contributed by atoms with Crippen molar-refractivity contribution >= 4 is 5.91 Å². The molecule has 124 valence electrons. The van der Waals surface area contributed by atoms with Crippen molar-refractivity contribution in [2.75, 3.05) is 6.54 Å². The van der Waals surface area contributed by atoms with E-state index in [2.05, 4.69) is 10.4 Å². The summed E-state index contributed by atoms with van der Waals surface area (Å²) >= 11 is 0. The molecule has 1 atom stereocenters. The number of aryl methyl sites for hydroxylation is 1. The van der Waals surface area contributed by atoms with Crippen molar-refractivity contribution in [3.05, 3.63) is 66.4 Å². The second-order valence-corrected chi connectivity index (χ2v) is 5.89. The van der Waals surface area contributed by atoms with E-state index in [4.69, 9.17) is 4.42 Å². The van der Waals surface area contributed by atoms with Gasteiger partial charge in [-0.3, -0.25) is 9.48 Å². The van der Waals surface area contributed by atoms with Gasteiger partial charge >= 0.3 is 0 Å². The molecule has 3 aromatic rings. The largest absolute Gasteiger partial charge is 0.459 e. The molecule has 0 aliphatic rings. The number of aliphatic hydroxyl groups is 1. The minimum absolute atomic E-state index is 0.0481. The normalized spacial score (nSPS) is 13.5. The lowest BCUT2D eigenvalue weighted by atomic mass is 9.99. The number of amides is 1.